The van der Waals surface area contributed by atoms with E-state index in [2.05, 4.69) is 20.3 Å². The second kappa shape index (κ2) is 9.36. The van der Waals surface area contributed by atoms with Crippen molar-refractivity contribution >= 4 is 44.2 Å². The molecule has 12 nitrogen and oxygen atoms in total. The summed E-state index contributed by atoms with van der Waals surface area (Å²) in [6.07, 6.45) is 1.85. The Morgan fingerprint density at radius 2 is 2.09 bits per heavy atom. The van der Waals surface area contributed by atoms with E-state index in [1.165, 1.54) is 20.2 Å². The Kier molecular flexibility index (Phi) is 6.73. The first-order valence-corrected chi connectivity index (χ1v) is 13.0. The molecular formula is C18H27BN5O7P. The Morgan fingerprint density at radius 1 is 1.31 bits per heavy atom. The van der Waals surface area contributed by atoms with Gasteiger partial charge in [-0.15, -0.1) is 0 Å². The molecule has 2 N–H and O–H groups in total. The van der Waals surface area contributed by atoms with Crippen molar-refractivity contribution in [3.63, 3.8) is 0 Å². The first-order valence-electron chi connectivity index (χ1n) is 10.7. The summed E-state index contributed by atoms with van der Waals surface area (Å²) in [7, 11) is -1.85. The molecule has 0 bridgehead atoms. The van der Waals surface area contributed by atoms with Gasteiger partial charge in [-0.25, -0.2) is 0 Å². The molecule has 0 saturated carbocycles. The van der Waals surface area contributed by atoms with E-state index in [1.54, 1.807) is 4.57 Å². The van der Waals surface area contributed by atoms with Gasteiger partial charge in [0.2, 0.25) is 0 Å². The van der Waals surface area contributed by atoms with Gasteiger partial charge < -0.3 is 0 Å². The maximum absolute atomic E-state index is 12.3. The molecule has 4 rings (SSSR count). The molecule has 14 heteroatoms. The quantitative estimate of drug-likeness (QED) is 0.338. The van der Waals surface area contributed by atoms with Crippen LogP contribution in [-0.2, 0) is 28.1 Å². The van der Waals surface area contributed by atoms with Crippen LogP contribution in [0, 0.1) is 0 Å². The van der Waals surface area contributed by atoms with E-state index in [4.69, 9.17) is 18.5 Å². The minimum atomic E-state index is -3.36. The van der Waals surface area contributed by atoms with Gasteiger partial charge in [0.25, 0.3) is 0 Å². The summed E-state index contributed by atoms with van der Waals surface area (Å²) in [6.45, 7) is 3.90. The number of nitrogens with one attached hydrogen (secondary N) is 1. The van der Waals surface area contributed by atoms with Crippen molar-refractivity contribution in [1.29, 1.82) is 0 Å². The van der Waals surface area contributed by atoms with Crippen LogP contribution in [0.25, 0.3) is 11.2 Å². The predicted molar refractivity (Wildman–Crippen MR) is 117 cm³/mol. The number of fused-ring (bicyclic) bond motifs is 2. The monoisotopic (exact) mass is 467 g/mol. The molecule has 174 valence electrons. The van der Waals surface area contributed by atoms with Crippen LogP contribution in [0.5, 0.6) is 0 Å². The molecule has 32 heavy (non-hydrogen) atoms. The Labute approximate surface area is 185 Å². The number of amides is 1. The zero-order valence-electron chi connectivity index (χ0n) is 18.2. The molecule has 2 fully saturated rings. The van der Waals surface area contributed by atoms with Crippen LogP contribution >= 0.6 is 7.82 Å². The molecule has 0 spiro atoms. The molecule has 2 aromatic rings. The number of hydrogen-bond donors (Lipinski definition) is 2. The number of esters is 1. The number of hydrogen-bond acceptors (Lipinski definition) is 10. The second-order valence-electron chi connectivity index (χ2n) is 7.91. The number of rotatable bonds is 7. The van der Waals surface area contributed by atoms with Crippen LogP contribution < -0.4 is 5.32 Å². The van der Waals surface area contributed by atoms with Crippen molar-refractivity contribution in [2.24, 2.45) is 0 Å². The molecule has 1 unspecified atom stereocenters. The summed E-state index contributed by atoms with van der Waals surface area (Å²) in [4.78, 5) is 47.5. The predicted octanol–water partition coefficient (Wildman–Crippen LogP) is 0.625. The Morgan fingerprint density at radius 3 is 2.84 bits per heavy atom. The molecule has 2 saturated heterocycles. The topological polar surface area (TPSA) is 147 Å². The summed E-state index contributed by atoms with van der Waals surface area (Å²) in [5, 5.41) is 2.75. The van der Waals surface area contributed by atoms with Gasteiger partial charge in [-0.1, -0.05) is 6.92 Å². The molecule has 2 aliphatic rings. The number of imidazole rings is 1. The van der Waals surface area contributed by atoms with E-state index >= 15 is 0 Å². The number of ether oxygens (including phenoxy) is 2. The molecule has 4 atom stereocenters. The summed E-state index contributed by atoms with van der Waals surface area (Å²) in [6, 6.07) is 0. The zero-order chi connectivity index (χ0) is 22.9. The molecule has 2 aromatic heterocycles. The number of nitrogens with zero attached hydrogens (tertiary/aromatic N) is 4. The summed E-state index contributed by atoms with van der Waals surface area (Å²) in [5.74, 6) is -0.277. The normalized spacial score (nSPS) is 27.6. The number of anilines is 1. The number of carbonyl (C=O) groups excluding carboxylic acids is 2. The van der Waals surface area contributed by atoms with Gasteiger partial charge in [-0.3, -0.25) is 0 Å². The van der Waals surface area contributed by atoms with Crippen LogP contribution in [0.15, 0.2) is 12.7 Å². The minimum absolute atomic E-state index is 0.113. The van der Waals surface area contributed by atoms with Crippen LogP contribution in [0.4, 0.5) is 5.82 Å². The Balaban J connectivity index is 1.67. The second-order valence-corrected chi connectivity index (χ2v) is 10.2. The molecule has 4 heterocycles. The first-order chi connectivity index (χ1) is 15.3. The molecular weight excluding hydrogens is 440 g/mol. The maximum atomic E-state index is 12.3. The van der Waals surface area contributed by atoms with Crippen molar-refractivity contribution in [3.8, 4) is 0 Å². The molecule has 1 amide bonds. The fourth-order valence-corrected chi connectivity index (χ4v) is 5.16. The van der Waals surface area contributed by atoms with Crippen molar-refractivity contribution in [2.75, 3.05) is 11.9 Å². The van der Waals surface area contributed by atoms with Crippen molar-refractivity contribution in [2.45, 2.75) is 64.1 Å². The van der Waals surface area contributed by atoms with E-state index in [0.29, 0.717) is 30.4 Å². The van der Waals surface area contributed by atoms with Gasteiger partial charge >= 0.3 is 178 Å². The van der Waals surface area contributed by atoms with Crippen LogP contribution in [0.2, 0.25) is 0 Å². The van der Waals surface area contributed by atoms with Crippen molar-refractivity contribution in [1.82, 2.24) is 19.5 Å². The zero-order valence-corrected chi connectivity index (χ0v) is 19.2. The van der Waals surface area contributed by atoms with Gasteiger partial charge in [-0.05, 0) is 0 Å². The van der Waals surface area contributed by atoms with E-state index in [1.807, 2.05) is 13.8 Å². The van der Waals surface area contributed by atoms with Crippen LogP contribution in [0.3, 0.4) is 0 Å². The summed E-state index contributed by atoms with van der Waals surface area (Å²) >= 11 is 0. The molecule has 0 radical (unpaired) electrons. The van der Waals surface area contributed by atoms with E-state index in [0.717, 1.165) is 0 Å². The standard InChI is InChI=1S/C18H27BN5O7P/c1-3-5-11(25)23-16-13-17(21-8-20-16)24(9-22-13)18-15(30-12(26)6-4-2)14-10(29-18)7-28-32(19,27)31-14/h8-10,14-15,18,27,32H,3-7,19H2,1-2H3,(H,20,21,23,25)/t10-,14+,15?,18-/m1/s1. The van der Waals surface area contributed by atoms with Crippen LogP contribution in [0.1, 0.15) is 45.8 Å². The van der Waals surface area contributed by atoms with E-state index in [-0.39, 0.29) is 24.8 Å². The third kappa shape index (κ3) is 4.62. The number of carbonyl (C=O) groups is 2. The summed E-state index contributed by atoms with van der Waals surface area (Å²) in [5.41, 5.74) is 0.782. The van der Waals surface area contributed by atoms with Crippen molar-refractivity contribution in [3.05, 3.63) is 12.7 Å². The average Bonchev–Trinajstić information content (AvgIpc) is 3.30. The van der Waals surface area contributed by atoms with E-state index in [9.17, 15) is 14.5 Å². The fourth-order valence-electron chi connectivity index (χ4n) is 3.82. The van der Waals surface area contributed by atoms with E-state index < -0.39 is 38.3 Å². The van der Waals surface area contributed by atoms with Gasteiger partial charge in [0.15, 0.2) is 0 Å². The first kappa shape index (κ1) is 23.0. The van der Waals surface area contributed by atoms with Gasteiger partial charge in [0.05, 0.1) is 0 Å². The Bertz CT molecular complexity index is 1010. The van der Waals surface area contributed by atoms with Gasteiger partial charge in [-0.2, -0.15) is 0 Å². The molecule has 0 aliphatic carbocycles. The SMILES string of the molecule is B[PH]1(O)OC[C@H]2O[C@@H](n3cnc4c(NC(=O)CCC)ncnc43)C(OC(=O)CCC)[C@H]2O1. The number of aromatic nitrogens is 4. The Hall–Kier alpha value is -2.18. The third-order valence-electron chi connectivity index (χ3n) is 5.25. The summed E-state index contributed by atoms with van der Waals surface area (Å²) < 4.78 is 24.7. The third-order valence-corrected chi connectivity index (χ3v) is 6.66. The van der Waals surface area contributed by atoms with Crippen molar-refractivity contribution < 1.29 is 33.0 Å². The molecule has 2 aliphatic heterocycles. The molecule has 0 aromatic carbocycles. The van der Waals surface area contributed by atoms with Gasteiger partial charge in [0.1, 0.15) is 0 Å². The fraction of sp³-hybridized carbons (Fsp3) is 0.611. The van der Waals surface area contributed by atoms with Crippen LogP contribution in [-0.4, -0.2) is 68.8 Å². The average molecular weight is 467 g/mol. The van der Waals surface area contributed by atoms with Gasteiger partial charge in [0, 0.05) is 0 Å².